The van der Waals surface area contributed by atoms with E-state index in [1.807, 2.05) is 40.0 Å². The quantitative estimate of drug-likeness (QED) is 0.0625. The van der Waals surface area contributed by atoms with Crippen LogP contribution >= 0.6 is 0 Å². The summed E-state index contributed by atoms with van der Waals surface area (Å²) in [6, 6.07) is 0. The van der Waals surface area contributed by atoms with Gasteiger partial charge in [0.15, 0.2) is 5.78 Å². The van der Waals surface area contributed by atoms with E-state index in [0.29, 0.717) is 45.1 Å². The molecule has 2 rings (SSSR count). The van der Waals surface area contributed by atoms with Crippen molar-refractivity contribution < 1.29 is 29.3 Å². The first-order valence-electron chi connectivity index (χ1n) is 20.9. The molecule has 0 aromatic carbocycles. The minimum atomic E-state index is -1.12. The molecule has 8 nitrogen and oxygen atoms in total. The lowest BCUT2D eigenvalue weighted by Gasteiger charge is -2.34. The summed E-state index contributed by atoms with van der Waals surface area (Å²) in [5, 5.41) is 28.2. The Balaban J connectivity index is 0.00000163. The zero-order chi connectivity index (χ0) is 40.5. The normalized spacial score (nSPS) is 27.6. The number of carbonyl (C=O) groups excluding carboxylic acids is 3. The van der Waals surface area contributed by atoms with Crippen molar-refractivity contribution in [3.8, 4) is 0 Å². The fraction of sp³-hybridized carbons (Fsp3) is 0.717. The number of esters is 1. The molecule has 0 spiro atoms. The van der Waals surface area contributed by atoms with Crippen LogP contribution in [0.15, 0.2) is 59.3 Å². The van der Waals surface area contributed by atoms with Crippen molar-refractivity contribution in [2.24, 2.45) is 23.2 Å². The van der Waals surface area contributed by atoms with Gasteiger partial charge < -0.3 is 25.6 Å². The van der Waals surface area contributed by atoms with Crippen molar-refractivity contribution in [3.63, 3.8) is 0 Å². The van der Waals surface area contributed by atoms with Crippen LogP contribution in [0.4, 0.5) is 0 Å². The van der Waals surface area contributed by atoms with Gasteiger partial charge in [0.25, 0.3) is 0 Å². The Morgan fingerprint density at radius 3 is 2.33 bits per heavy atom. The van der Waals surface area contributed by atoms with Gasteiger partial charge in [0, 0.05) is 30.7 Å². The number of ether oxygens (including phenoxy) is 1. The highest BCUT2D eigenvalue weighted by Gasteiger charge is 2.57. The van der Waals surface area contributed by atoms with Crippen LogP contribution in [0.1, 0.15) is 151 Å². The Labute approximate surface area is 329 Å². The van der Waals surface area contributed by atoms with Crippen LogP contribution in [-0.2, 0) is 19.1 Å². The van der Waals surface area contributed by atoms with Gasteiger partial charge >= 0.3 is 5.97 Å². The van der Waals surface area contributed by atoms with Gasteiger partial charge in [-0.05, 0) is 136 Å². The third-order valence-corrected chi connectivity index (χ3v) is 11.3. The van der Waals surface area contributed by atoms with E-state index in [0.717, 1.165) is 76.3 Å². The molecule has 6 unspecified atom stereocenters. The molecule has 0 heterocycles. The average molecular weight is 755 g/mol. The Morgan fingerprint density at radius 2 is 1.67 bits per heavy atom. The molecule has 0 aromatic rings. The predicted molar refractivity (Wildman–Crippen MR) is 224 cm³/mol. The molecule has 1 fully saturated rings. The molecule has 4 N–H and O–H groups in total. The largest absolute Gasteiger partial charge is 0.465 e. The van der Waals surface area contributed by atoms with E-state index in [9.17, 15) is 24.6 Å². The molecular weight excluding hydrogens is 677 g/mol. The SMILES string of the molecule is C=CC/C(C)=C/CC.CNCCCCCC(=O)NCCCCCC(=O)OCC(C)C1C(O)C(=O)C2(C)C/C=C(\C)CC/C=C(/C)CCC(O)/C(C)=C/CC12. The summed E-state index contributed by atoms with van der Waals surface area (Å²) in [7, 11) is 1.93. The van der Waals surface area contributed by atoms with E-state index < -0.39 is 17.6 Å². The monoisotopic (exact) mass is 755 g/mol. The van der Waals surface area contributed by atoms with Crippen LogP contribution in [0.2, 0.25) is 0 Å². The fourth-order valence-corrected chi connectivity index (χ4v) is 7.61. The molecule has 2 aliphatic rings. The fourth-order valence-electron chi connectivity index (χ4n) is 7.61. The molecule has 0 aromatic heterocycles. The molecule has 1 amide bonds. The standard InChI is InChI=1S/C38H64N2O6.C8H14/c1-27-14-13-15-28(2)22-23-38(5)31(20-19-29(3)32(41)21-18-27)35(36(44)37(38)45)30(4)26-46-34(43)17-10-8-12-25-40-33(42)16-9-7-11-24-39-6;1-4-6-8(3)7-5-2/h14,19,22,30-32,35-36,39,41,44H,7-13,15-18,20-21,23-26H2,1-6H3,(H,40,42);4,7H,1,5-6H2,2-3H3/b27-14-,28-22+,29-19+;8-7+. The van der Waals surface area contributed by atoms with Gasteiger partial charge in [0.1, 0.15) is 6.10 Å². The highest BCUT2D eigenvalue weighted by Crippen LogP contribution is 2.52. The van der Waals surface area contributed by atoms with Crippen molar-refractivity contribution in [2.75, 3.05) is 26.7 Å². The molecule has 1 saturated carbocycles. The van der Waals surface area contributed by atoms with E-state index in [1.54, 1.807) is 0 Å². The number of aliphatic hydroxyl groups is 2. The van der Waals surface area contributed by atoms with Crippen LogP contribution in [0.5, 0.6) is 0 Å². The summed E-state index contributed by atoms with van der Waals surface area (Å²) in [6.07, 6.45) is 21.8. The molecular formula is C46H78N2O6. The minimum Gasteiger partial charge on any atom is -0.465 e. The summed E-state index contributed by atoms with van der Waals surface area (Å²) >= 11 is 0. The molecule has 0 aliphatic heterocycles. The van der Waals surface area contributed by atoms with Crippen molar-refractivity contribution in [1.82, 2.24) is 10.6 Å². The number of carbonyl (C=O) groups is 3. The Morgan fingerprint density at radius 1 is 1.00 bits per heavy atom. The van der Waals surface area contributed by atoms with E-state index in [1.165, 1.54) is 16.7 Å². The van der Waals surface area contributed by atoms with Crippen LogP contribution in [0.3, 0.4) is 0 Å². The molecule has 2 aliphatic carbocycles. The number of ketones is 1. The van der Waals surface area contributed by atoms with Crippen molar-refractivity contribution in [3.05, 3.63) is 59.3 Å². The summed E-state index contributed by atoms with van der Waals surface area (Å²) in [6.45, 7) is 19.8. The van der Waals surface area contributed by atoms with E-state index in [-0.39, 0.29) is 42.0 Å². The Bertz CT molecular complexity index is 1270. The summed E-state index contributed by atoms with van der Waals surface area (Å²) in [5.74, 6) is -1.04. The number of unbranched alkanes of at least 4 members (excludes halogenated alkanes) is 4. The number of hydrogen-bond donors (Lipinski definition) is 4. The maximum absolute atomic E-state index is 13.7. The maximum atomic E-state index is 13.7. The molecule has 308 valence electrons. The van der Waals surface area contributed by atoms with E-state index in [2.05, 4.69) is 63.1 Å². The lowest BCUT2D eigenvalue weighted by atomic mass is 9.69. The van der Waals surface area contributed by atoms with Gasteiger partial charge in [-0.1, -0.05) is 80.7 Å². The summed E-state index contributed by atoms with van der Waals surface area (Å²) < 4.78 is 5.67. The van der Waals surface area contributed by atoms with Gasteiger partial charge in [0.2, 0.25) is 5.91 Å². The first-order chi connectivity index (χ1) is 25.7. The second kappa shape index (κ2) is 27.7. The minimum absolute atomic E-state index is 0.0878. The maximum Gasteiger partial charge on any atom is 0.305 e. The van der Waals surface area contributed by atoms with Crippen molar-refractivity contribution >= 4 is 17.7 Å². The predicted octanol–water partition coefficient (Wildman–Crippen LogP) is 9.28. The van der Waals surface area contributed by atoms with Crippen molar-refractivity contribution in [1.29, 1.82) is 0 Å². The van der Waals surface area contributed by atoms with Gasteiger partial charge in [-0.15, -0.1) is 6.58 Å². The average Bonchev–Trinajstić information content (AvgIpc) is 3.32. The van der Waals surface area contributed by atoms with Crippen LogP contribution in [-0.4, -0.2) is 66.8 Å². The highest BCUT2D eigenvalue weighted by atomic mass is 16.5. The number of fused-ring (bicyclic) bond motifs is 1. The second-order valence-corrected chi connectivity index (χ2v) is 16.2. The van der Waals surface area contributed by atoms with Gasteiger partial charge in [0.05, 0.1) is 12.7 Å². The number of aliphatic hydroxyl groups excluding tert-OH is 2. The Hall–Kier alpha value is -2.81. The molecule has 6 atom stereocenters. The third kappa shape index (κ3) is 18.7. The third-order valence-electron chi connectivity index (χ3n) is 11.3. The number of rotatable bonds is 18. The van der Waals surface area contributed by atoms with Gasteiger partial charge in [-0.3, -0.25) is 14.4 Å². The van der Waals surface area contributed by atoms with Gasteiger partial charge in [-0.25, -0.2) is 0 Å². The zero-order valence-corrected chi connectivity index (χ0v) is 35.4. The first-order valence-corrected chi connectivity index (χ1v) is 20.9. The molecule has 0 bridgehead atoms. The summed E-state index contributed by atoms with van der Waals surface area (Å²) in [5.41, 5.74) is 4.08. The van der Waals surface area contributed by atoms with Gasteiger partial charge in [-0.2, -0.15) is 0 Å². The van der Waals surface area contributed by atoms with Crippen LogP contribution in [0, 0.1) is 23.2 Å². The summed E-state index contributed by atoms with van der Waals surface area (Å²) in [4.78, 5) is 38.2. The number of nitrogens with one attached hydrogen (secondary N) is 2. The molecule has 8 heteroatoms. The van der Waals surface area contributed by atoms with Crippen molar-refractivity contribution in [2.45, 2.75) is 163 Å². The second-order valence-electron chi connectivity index (χ2n) is 16.2. The number of hydrogen-bond acceptors (Lipinski definition) is 7. The smallest absolute Gasteiger partial charge is 0.305 e. The first kappa shape index (κ1) is 49.2. The number of allylic oxidation sites excluding steroid dienone is 8. The van der Waals surface area contributed by atoms with Crippen LogP contribution in [0.25, 0.3) is 0 Å². The topological polar surface area (TPSA) is 125 Å². The zero-order valence-electron chi connectivity index (χ0n) is 35.4. The Kier molecular flexibility index (Phi) is 25.3. The molecule has 0 saturated heterocycles. The lowest BCUT2D eigenvalue weighted by Crippen LogP contribution is -2.32. The molecule has 0 radical (unpaired) electrons. The highest BCUT2D eigenvalue weighted by molar-refractivity contribution is 5.91. The van der Waals surface area contributed by atoms with E-state index in [4.69, 9.17) is 4.74 Å². The lowest BCUT2D eigenvalue weighted by molar-refractivity contribution is -0.146. The number of Topliss-reactive ketones (excluding diaryl/α,β-unsaturated/α-hetero) is 1. The number of amides is 1. The molecule has 54 heavy (non-hydrogen) atoms. The van der Waals surface area contributed by atoms with Crippen LogP contribution < -0.4 is 10.6 Å². The van der Waals surface area contributed by atoms with E-state index >= 15 is 0 Å².